The Kier molecular flexibility index (Phi) is 3.66. The number of aryl methyl sites for hydroxylation is 1. The topological polar surface area (TPSA) is 107 Å². The number of benzene rings is 1. The van der Waals surface area contributed by atoms with Crippen LogP contribution in [0.15, 0.2) is 46.0 Å². The summed E-state index contributed by atoms with van der Waals surface area (Å²) in [6.45, 7) is 1.87. The number of hydrogen-bond acceptors (Lipinski definition) is 7. The Morgan fingerprint density at radius 1 is 1.22 bits per heavy atom. The average molecular weight is 333 g/mol. The summed E-state index contributed by atoms with van der Waals surface area (Å²) >= 11 is 0. The fourth-order valence-corrected chi connectivity index (χ4v) is 3.39. The number of aromatic hydroxyl groups is 1. The molecule has 1 aromatic carbocycles. The number of phenols is 1. The van der Waals surface area contributed by atoms with E-state index in [2.05, 4.69) is 20.2 Å². The summed E-state index contributed by atoms with van der Waals surface area (Å²) in [5.41, 5.74) is 7.02. The van der Waals surface area contributed by atoms with E-state index >= 15 is 0 Å². The van der Waals surface area contributed by atoms with Crippen molar-refractivity contribution in [2.45, 2.75) is 11.8 Å². The Balaban J connectivity index is 2.30. The minimum absolute atomic E-state index is 0.00302. The van der Waals surface area contributed by atoms with Gasteiger partial charge in [-0.05, 0) is 30.7 Å². The van der Waals surface area contributed by atoms with Crippen molar-refractivity contribution in [3.05, 3.63) is 42.2 Å². The van der Waals surface area contributed by atoms with Gasteiger partial charge in [0.1, 0.15) is 10.6 Å². The number of guanidine groups is 1. The molecule has 0 spiro atoms. The number of hydrazine groups is 1. The van der Waals surface area contributed by atoms with Crippen LogP contribution in [0.2, 0.25) is 0 Å². The van der Waals surface area contributed by atoms with Gasteiger partial charge in [-0.25, -0.2) is 5.43 Å². The molecule has 0 amide bonds. The summed E-state index contributed by atoms with van der Waals surface area (Å²) in [7, 11) is -2.29. The van der Waals surface area contributed by atoms with Crippen LogP contribution in [0.25, 0.3) is 0 Å². The highest BCUT2D eigenvalue weighted by atomic mass is 32.2. The molecule has 2 heterocycles. The van der Waals surface area contributed by atoms with E-state index < -0.39 is 10.0 Å². The molecule has 0 saturated carbocycles. The van der Waals surface area contributed by atoms with Crippen LogP contribution < -0.4 is 15.8 Å². The second-order valence-electron chi connectivity index (χ2n) is 4.94. The third-order valence-corrected chi connectivity index (χ3v) is 4.59. The molecule has 0 aliphatic carbocycles. The van der Waals surface area contributed by atoms with Crippen molar-refractivity contribution < 1.29 is 13.5 Å². The van der Waals surface area contributed by atoms with Crippen molar-refractivity contribution in [3.63, 3.8) is 0 Å². The number of nitrogens with zero attached hydrogens (tertiary/aromatic N) is 3. The number of aromatic nitrogens is 1. The lowest BCUT2D eigenvalue weighted by molar-refractivity contribution is 0.476. The van der Waals surface area contributed by atoms with Gasteiger partial charge in [0.2, 0.25) is 5.96 Å². The van der Waals surface area contributed by atoms with Crippen LogP contribution in [0.5, 0.6) is 5.75 Å². The molecular weight excluding hydrogens is 318 g/mol. The van der Waals surface area contributed by atoms with Crippen LogP contribution in [0.3, 0.4) is 0 Å². The summed E-state index contributed by atoms with van der Waals surface area (Å²) in [5.74, 6) is 0.0374. The standard InChI is InChI=1S/C14H15N5O3S/c1-9-3-4-12(20)11(7-9)19-10-5-6-16-8-13(10)23(21,22)18-14(19)17-15-2/h3-8,15,20H,1-2H3,(H,17,18). The maximum absolute atomic E-state index is 12.3. The van der Waals surface area contributed by atoms with E-state index in [1.54, 1.807) is 31.3 Å². The molecule has 3 rings (SSSR count). The van der Waals surface area contributed by atoms with Gasteiger partial charge in [-0.3, -0.25) is 15.3 Å². The number of rotatable bonds is 2. The summed E-state index contributed by atoms with van der Waals surface area (Å²) in [6.07, 6.45) is 2.72. The Bertz CT molecular complexity index is 895. The minimum Gasteiger partial charge on any atom is -0.506 e. The van der Waals surface area contributed by atoms with Crippen LogP contribution in [-0.4, -0.2) is 31.5 Å². The van der Waals surface area contributed by atoms with E-state index in [0.29, 0.717) is 11.4 Å². The first kappa shape index (κ1) is 15.3. The normalized spacial score (nSPS) is 15.7. The molecule has 2 aromatic rings. The Hall–Kier alpha value is -2.65. The predicted molar refractivity (Wildman–Crippen MR) is 86.0 cm³/mol. The highest BCUT2D eigenvalue weighted by Crippen LogP contribution is 2.39. The van der Waals surface area contributed by atoms with Crippen LogP contribution in [-0.2, 0) is 10.0 Å². The van der Waals surface area contributed by atoms with Crippen LogP contribution >= 0.6 is 0 Å². The summed E-state index contributed by atoms with van der Waals surface area (Å²) in [6, 6.07) is 6.60. The SMILES string of the molecule is CNNC1=NS(=O)(=O)c2cnccc2N1c1cc(C)ccc1O. The molecule has 0 saturated heterocycles. The largest absolute Gasteiger partial charge is 0.506 e. The Labute approximate surface area is 133 Å². The third-order valence-electron chi connectivity index (χ3n) is 3.31. The predicted octanol–water partition coefficient (Wildman–Crippen LogP) is 1.02. The van der Waals surface area contributed by atoms with E-state index in [4.69, 9.17) is 0 Å². The van der Waals surface area contributed by atoms with Gasteiger partial charge in [0, 0.05) is 19.4 Å². The first-order valence-electron chi connectivity index (χ1n) is 6.75. The molecule has 0 bridgehead atoms. The molecule has 23 heavy (non-hydrogen) atoms. The fraction of sp³-hybridized carbons (Fsp3) is 0.143. The van der Waals surface area contributed by atoms with Crippen molar-refractivity contribution in [1.82, 2.24) is 15.8 Å². The zero-order valence-corrected chi connectivity index (χ0v) is 13.3. The number of phenolic OH excluding ortho intramolecular Hbond substituents is 1. The second-order valence-corrected chi connectivity index (χ2v) is 6.51. The summed E-state index contributed by atoms with van der Waals surface area (Å²) in [5, 5.41) is 10.2. The molecule has 1 aromatic heterocycles. The zero-order chi connectivity index (χ0) is 16.6. The van der Waals surface area contributed by atoms with Crippen LogP contribution in [0, 0.1) is 6.92 Å². The molecule has 1 aliphatic heterocycles. The second kappa shape index (κ2) is 5.52. The van der Waals surface area contributed by atoms with Gasteiger partial charge in [0.25, 0.3) is 10.0 Å². The van der Waals surface area contributed by atoms with E-state index in [-0.39, 0.29) is 16.6 Å². The monoisotopic (exact) mass is 333 g/mol. The van der Waals surface area contributed by atoms with Crippen LogP contribution in [0.1, 0.15) is 5.56 Å². The van der Waals surface area contributed by atoms with Gasteiger partial charge in [0.05, 0.1) is 11.4 Å². The number of pyridine rings is 1. The van der Waals surface area contributed by atoms with E-state index in [1.165, 1.54) is 17.3 Å². The highest BCUT2D eigenvalue weighted by Gasteiger charge is 2.33. The zero-order valence-electron chi connectivity index (χ0n) is 12.5. The van der Waals surface area contributed by atoms with Gasteiger partial charge in [-0.15, -0.1) is 4.40 Å². The van der Waals surface area contributed by atoms with E-state index in [9.17, 15) is 13.5 Å². The maximum Gasteiger partial charge on any atom is 0.289 e. The molecule has 8 nitrogen and oxygen atoms in total. The fourth-order valence-electron chi connectivity index (χ4n) is 2.32. The smallest absolute Gasteiger partial charge is 0.289 e. The molecule has 0 atom stereocenters. The Morgan fingerprint density at radius 3 is 2.74 bits per heavy atom. The van der Waals surface area contributed by atoms with Crippen molar-refractivity contribution in [3.8, 4) is 5.75 Å². The summed E-state index contributed by atoms with van der Waals surface area (Å²) < 4.78 is 28.4. The third kappa shape index (κ3) is 2.60. The molecule has 0 fully saturated rings. The van der Waals surface area contributed by atoms with Gasteiger partial charge in [-0.2, -0.15) is 8.42 Å². The molecule has 0 radical (unpaired) electrons. The van der Waals surface area contributed by atoms with Crippen molar-refractivity contribution in [2.24, 2.45) is 4.40 Å². The lowest BCUT2D eigenvalue weighted by Gasteiger charge is -2.31. The number of sulfonamides is 1. The van der Waals surface area contributed by atoms with Crippen LogP contribution in [0.4, 0.5) is 11.4 Å². The number of anilines is 2. The van der Waals surface area contributed by atoms with Crippen molar-refractivity contribution >= 4 is 27.4 Å². The van der Waals surface area contributed by atoms with Gasteiger partial charge in [-0.1, -0.05) is 6.07 Å². The first-order valence-corrected chi connectivity index (χ1v) is 8.19. The quantitative estimate of drug-likeness (QED) is 0.704. The average Bonchev–Trinajstić information content (AvgIpc) is 2.50. The highest BCUT2D eigenvalue weighted by molar-refractivity contribution is 7.90. The first-order chi connectivity index (χ1) is 10.9. The van der Waals surface area contributed by atoms with Gasteiger partial charge < -0.3 is 5.11 Å². The molecule has 1 aliphatic rings. The molecule has 3 N–H and O–H groups in total. The molecule has 9 heteroatoms. The number of fused-ring (bicyclic) bond motifs is 1. The van der Waals surface area contributed by atoms with Crippen molar-refractivity contribution in [1.29, 1.82) is 0 Å². The van der Waals surface area contributed by atoms with E-state index in [0.717, 1.165) is 5.56 Å². The Morgan fingerprint density at radius 2 is 2.00 bits per heavy atom. The number of nitrogens with one attached hydrogen (secondary N) is 2. The summed E-state index contributed by atoms with van der Waals surface area (Å²) in [4.78, 5) is 5.36. The lowest BCUT2D eigenvalue weighted by atomic mass is 10.2. The molecular formula is C14H15N5O3S. The maximum atomic E-state index is 12.3. The van der Waals surface area contributed by atoms with E-state index in [1.807, 2.05) is 6.92 Å². The molecule has 0 unspecified atom stereocenters. The van der Waals surface area contributed by atoms with Crippen molar-refractivity contribution in [2.75, 3.05) is 11.9 Å². The lowest BCUT2D eigenvalue weighted by Crippen LogP contribution is -2.47. The van der Waals surface area contributed by atoms with Gasteiger partial charge >= 0.3 is 0 Å². The minimum atomic E-state index is -3.88. The number of hydrogen-bond donors (Lipinski definition) is 3. The van der Waals surface area contributed by atoms with Gasteiger partial charge in [0.15, 0.2) is 0 Å². The molecule has 120 valence electrons.